The molecule has 57 heavy (non-hydrogen) atoms. The lowest BCUT2D eigenvalue weighted by atomic mass is 10.0. The molecule has 0 fully saturated rings. The Bertz CT molecular complexity index is 2840. The van der Waals surface area contributed by atoms with Crippen LogP contribution in [0.4, 0.5) is 34.1 Å². The summed E-state index contributed by atoms with van der Waals surface area (Å²) in [5.41, 5.74) is 13.6. The minimum atomic E-state index is 1.06. The van der Waals surface area contributed by atoms with Crippen LogP contribution < -0.4 is 9.80 Å². The minimum Gasteiger partial charge on any atom is -0.310 e. The van der Waals surface area contributed by atoms with E-state index in [2.05, 4.69) is 240 Å². The second-order valence-corrected chi connectivity index (χ2v) is 15.3. The number of anilines is 6. The molecule has 10 aromatic rings. The molecule has 0 radical (unpaired) electrons. The Morgan fingerprint density at radius 3 is 1.16 bits per heavy atom. The van der Waals surface area contributed by atoms with Gasteiger partial charge in [-0.2, -0.15) is 0 Å². The fourth-order valence-electron chi connectivity index (χ4n) is 7.84. The molecule has 9 aromatic carbocycles. The summed E-state index contributed by atoms with van der Waals surface area (Å²) in [6.07, 6.45) is 0. The van der Waals surface area contributed by atoms with Crippen LogP contribution in [0.25, 0.3) is 53.6 Å². The molecule has 0 atom stereocenters. The Kier molecular flexibility index (Phi) is 9.11. The number of fused-ring (bicyclic) bond motifs is 3. The summed E-state index contributed by atoms with van der Waals surface area (Å²) in [5, 5.41) is 2.56. The van der Waals surface area contributed by atoms with Crippen LogP contribution in [0.3, 0.4) is 0 Å². The van der Waals surface area contributed by atoms with Crippen molar-refractivity contribution in [1.82, 2.24) is 0 Å². The SMILES string of the molecule is c1ccc(-c2ccc(N(c3ccc(-c4ccccc4)cc3)c3cc(-c4ccccc4)cc(N(c4ccccc4)c4ccc5sc6ccccc6c5c4)c3)cc2)cc1. The summed E-state index contributed by atoms with van der Waals surface area (Å²) in [6, 6.07) is 83.2. The van der Waals surface area contributed by atoms with Crippen LogP contribution in [0.5, 0.6) is 0 Å². The van der Waals surface area contributed by atoms with Gasteiger partial charge in [0.2, 0.25) is 0 Å². The molecule has 1 aromatic heterocycles. The van der Waals surface area contributed by atoms with Gasteiger partial charge in [-0.05, 0) is 112 Å². The lowest BCUT2D eigenvalue weighted by molar-refractivity contribution is 1.25. The van der Waals surface area contributed by atoms with Crippen molar-refractivity contribution in [3.05, 3.63) is 231 Å². The van der Waals surface area contributed by atoms with Gasteiger partial charge in [0.05, 0.1) is 0 Å². The van der Waals surface area contributed by atoms with Gasteiger partial charge in [0.15, 0.2) is 0 Å². The first-order valence-electron chi connectivity index (χ1n) is 19.3. The molecule has 0 spiro atoms. The normalized spacial score (nSPS) is 11.2. The number of rotatable bonds is 9. The predicted octanol–water partition coefficient (Wildman–Crippen LogP) is 16.0. The number of thiophene rings is 1. The number of benzene rings is 9. The van der Waals surface area contributed by atoms with Crippen molar-refractivity contribution >= 4 is 65.6 Å². The predicted molar refractivity (Wildman–Crippen MR) is 245 cm³/mol. The van der Waals surface area contributed by atoms with Crippen LogP contribution in [0.1, 0.15) is 0 Å². The zero-order valence-corrected chi connectivity index (χ0v) is 32.1. The molecular formula is C54H38N2S. The van der Waals surface area contributed by atoms with Crippen LogP contribution in [0.15, 0.2) is 231 Å². The number of hydrogen-bond donors (Lipinski definition) is 0. The maximum absolute atomic E-state index is 2.40. The fourth-order valence-corrected chi connectivity index (χ4v) is 8.93. The number of para-hydroxylation sites is 1. The Labute approximate surface area is 337 Å². The van der Waals surface area contributed by atoms with Gasteiger partial charge in [-0.3, -0.25) is 0 Å². The average molecular weight is 747 g/mol. The van der Waals surface area contributed by atoms with Gasteiger partial charge in [-0.1, -0.05) is 152 Å². The third kappa shape index (κ3) is 6.86. The van der Waals surface area contributed by atoms with Gasteiger partial charge in [0, 0.05) is 54.3 Å². The van der Waals surface area contributed by atoms with E-state index in [0.717, 1.165) is 45.3 Å². The standard InChI is InChI=1S/C54H38N2S/c1-5-15-39(16-6-1)42-25-29-46(30-26-42)55(47-31-27-43(28-32-47)40-17-7-2-8-18-40)49-35-44(41-19-9-3-10-20-41)36-50(37-49)56(45-21-11-4-12-22-45)48-33-34-54-52(38-48)51-23-13-14-24-53(51)57-54/h1-38H. The second-order valence-electron chi connectivity index (χ2n) is 14.2. The van der Waals surface area contributed by atoms with E-state index in [9.17, 15) is 0 Å². The van der Waals surface area contributed by atoms with Crippen molar-refractivity contribution in [2.24, 2.45) is 0 Å². The van der Waals surface area contributed by atoms with Gasteiger partial charge < -0.3 is 9.80 Å². The lowest BCUT2D eigenvalue weighted by Crippen LogP contribution is -2.13. The Hall–Kier alpha value is -7.20. The van der Waals surface area contributed by atoms with Crippen molar-refractivity contribution in [2.45, 2.75) is 0 Å². The molecule has 0 amide bonds. The largest absolute Gasteiger partial charge is 0.310 e. The monoisotopic (exact) mass is 746 g/mol. The minimum absolute atomic E-state index is 1.06. The van der Waals surface area contributed by atoms with Crippen molar-refractivity contribution in [3.8, 4) is 33.4 Å². The van der Waals surface area contributed by atoms with Crippen molar-refractivity contribution < 1.29 is 0 Å². The molecule has 3 heteroatoms. The van der Waals surface area contributed by atoms with E-state index < -0.39 is 0 Å². The molecule has 0 aliphatic carbocycles. The summed E-state index contributed by atoms with van der Waals surface area (Å²) in [4.78, 5) is 4.79. The first-order chi connectivity index (χ1) is 28.2. The van der Waals surface area contributed by atoms with Gasteiger partial charge in [-0.15, -0.1) is 11.3 Å². The highest BCUT2D eigenvalue weighted by atomic mass is 32.1. The smallest absolute Gasteiger partial charge is 0.0488 e. The average Bonchev–Trinajstić information content (AvgIpc) is 3.66. The third-order valence-corrected chi connectivity index (χ3v) is 11.8. The van der Waals surface area contributed by atoms with Crippen LogP contribution in [0.2, 0.25) is 0 Å². The van der Waals surface area contributed by atoms with Crippen LogP contribution in [-0.2, 0) is 0 Å². The van der Waals surface area contributed by atoms with Gasteiger partial charge in [0.25, 0.3) is 0 Å². The Morgan fingerprint density at radius 1 is 0.228 bits per heavy atom. The molecule has 0 saturated carbocycles. The molecule has 0 saturated heterocycles. The van der Waals surface area contributed by atoms with E-state index in [1.165, 1.54) is 42.4 Å². The maximum Gasteiger partial charge on any atom is 0.0488 e. The molecule has 2 nitrogen and oxygen atoms in total. The summed E-state index contributed by atoms with van der Waals surface area (Å²) in [5.74, 6) is 0. The quantitative estimate of drug-likeness (QED) is 0.145. The topological polar surface area (TPSA) is 6.48 Å². The molecule has 0 N–H and O–H groups in total. The summed E-state index contributed by atoms with van der Waals surface area (Å²) < 4.78 is 2.59. The summed E-state index contributed by atoms with van der Waals surface area (Å²) in [7, 11) is 0. The van der Waals surface area contributed by atoms with E-state index in [0.29, 0.717) is 0 Å². The molecule has 0 aliphatic heterocycles. The van der Waals surface area contributed by atoms with E-state index in [4.69, 9.17) is 0 Å². The van der Waals surface area contributed by atoms with Crippen molar-refractivity contribution in [1.29, 1.82) is 0 Å². The van der Waals surface area contributed by atoms with Crippen molar-refractivity contribution in [3.63, 3.8) is 0 Å². The Morgan fingerprint density at radius 2 is 0.614 bits per heavy atom. The van der Waals surface area contributed by atoms with Crippen LogP contribution in [0, 0.1) is 0 Å². The van der Waals surface area contributed by atoms with Gasteiger partial charge >= 0.3 is 0 Å². The van der Waals surface area contributed by atoms with Crippen LogP contribution >= 0.6 is 11.3 Å². The molecule has 0 unspecified atom stereocenters. The van der Waals surface area contributed by atoms with Gasteiger partial charge in [-0.25, -0.2) is 0 Å². The summed E-state index contributed by atoms with van der Waals surface area (Å²) in [6.45, 7) is 0. The first kappa shape index (κ1) is 34.3. The molecule has 10 rings (SSSR count). The molecule has 0 bridgehead atoms. The fraction of sp³-hybridized carbons (Fsp3) is 0. The molecule has 0 aliphatic rings. The molecular weight excluding hydrogens is 709 g/mol. The maximum atomic E-state index is 2.40. The third-order valence-electron chi connectivity index (χ3n) is 10.6. The van der Waals surface area contributed by atoms with E-state index in [1.54, 1.807) is 0 Å². The number of nitrogens with zero attached hydrogens (tertiary/aromatic N) is 2. The zero-order valence-electron chi connectivity index (χ0n) is 31.2. The van der Waals surface area contributed by atoms with E-state index >= 15 is 0 Å². The highest BCUT2D eigenvalue weighted by Crippen LogP contribution is 2.45. The molecule has 270 valence electrons. The van der Waals surface area contributed by atoms with E-state index in [1.807, 2.05) is 11.3 Å². The highest BCUT2D eigenvalue weighted by molar-refractivity contribution is 7.25. The van der Waals surface area contributed by atoms with E-state index in [-0.39, 0.29) is 0 Å². The lowest BCUT2D eigenvalue weighted by Gasteiger charge is -2.30. The highest BCUT2D eigenvalue weighted by Gasteiger charge is 2.20. The Balaban J connectivity index is 1.18. The number of hydrogen-bond acceptors (Lipinski definition) is 3. The second kappa shape index (κ2) is 15.1. The van der Waals surface area contributed by atoms with Gasteiger partial charge in [0.1, 0.15) is 0 Å². The summed E-state index contributed by atoms with van der Waals surface area (Å²) >= 11 is 1.85. The first-order valence-corrected chi connectivity index (χ1v) is 20.1. The zero-order chi connectivity index (χ0) is 38.0. The van der Waals surface area contributed by atoms with Crippen molar-refractivity contribution in [2.75, 3.05) is 9.80 Å². The van der Waals surface area contributed by atoms with Crippen LogP contribution in [-0.4, -0.2) is 0 Å². The molecule has 1 heterocycles.